The van der Waals surface area contributed by atoms with Gasteiger partial charge < -0.3 is 10.1 Å². The minimum Gasteiger partial charge on any atom is -0.452 e. The summed E-state index contributed by atoms with van der Waals surface area (Å²) in [5.74, 6) is -2.29. The third kappa shape index (κ3) is 4.50. The van der Waals surface area contributed by atoms with Crippen molar-refractivity contribution in [3.05, 3.63) is 35.4 Å². The third-order valence-electron chi connectivity index (χ3n) is 4.54. The topological polar surface area (TPSA) is 55.4 Å². The minimum atomic E-state index is -1.01. The van der Waals surface area contributed by atoms with Gasteiger partial charge in [-0.2, -0.15) is 0 Å². The maximum Gasteiger partial charge on any atom is 0.341 e. The van der Waals surface area contributed by atoms with Crippen molar-refractivity contribution < 1.29 is 23.1 Å². The average molecular weight is 325 g/mol. The van der Waals surface area contributed by atoms with E-state index in [0.29, 0.717) is 17.9 Å². The molecule has 1 aliphatic carbocycles. The van der Waals surface area contributed by atoms with Gasteiger partial charge in [0, 0.05) is 12.1 Å². The van der Waals surface area contributed by atoms with Crippen LogP contribution >= 0.6 is 0 Å². The Balaban J connectivity index is 1.85. The quantitative estimate of drug-likeness (QED) is 0.866. The Morgan fingerprint density at radius 2 is 2.00 bits per heavy atom. The zero-order chi connectivity index (χ0) is 17.0. The lowest BCUT2D eigenvalue weighted by molar-refractivity contribution is -0.125. The van der Waals surface area contributed by atoms with E-state index < -0.39 is 30.1 Å². The van der Waals surface area contributed by atoms with E-state index in [-0.39, 0.29) is 11.6 Å². The van der Waals surface area contributed by atoms with Crippen molar-refractivity contribution >= 4 is 11.9 Å². The summed E-state index contributed by atoms with van der Waals surface area (Å²) in [5, 5.41) is 2.86. The highest BCUT2D eigenvalue weighted by atomic mass is 19.1. The van der Waals surface area contributed by atoms with E-state index in [4.69, 9.17) is 4.74 Å². The first-order valence-electron chi connectivity index (χ1n) is 7.80. The lowest BCUT2D eigenvalue weighted by Gasteiger charge is -2.34. The van der Waals surface area contributed by atoms with Gasteiger partial charge >= 0.3 is 5.97 Å². The zero-order valence-corrected chi connectivity index (χ0v) is 13.3. The molecule has 0 saturated heterocycles. The Morgan fingerprint density at radius 1 is 1.26 bits per heavy atom. The molecule has 0 aliphatic heterocycles. The van der Waals surface area contributed by atoms with Gasteiger partial charge in [0.15, 0.2) is 6.61 Å². The van der Waals surface area contributed by atoms with Gasteiger partial charge in [-0.15, -0.1) is 0 Å². The molecule has 0 bridgehead atoms. The largest absolute Gasteiger partial charge is 0.452 e. The van der Waals surface area contributed by atoms with Gasteiger partial charge in [0.25, 0.3) is 5.91 Å². The second kappa shape index (κ2) is 7.53. The van der Waals surface area contributed by atoms with Crippen molar-refractivity contribution in [3.8, 4) is 0 Å². The Labute approximate surface area is 134 Å². The number of hydrogen-bond acceptors (Lipinski definition) is 3. The van der Waals surface area contributed by atoms with Crippen LogP contribution in [-0.4, -0.2) is 24.5 Å². The Kier molecular flexibility index (Phi) is 5.69. The molecule has 0 aromatic heterocycles. The highest BCUT2D eigenvalue weighted by Crippen LogP contribution is 2.29. The number of hydrogen-bond donors (Lipinski definition) is 1. The van der Waals surface area contributed by atoms with E-state index >= 15 is 0 Å². The maximum absolute atomic E-state index is 13.5. The SMILES string of the molecule is C[C@H]1[C@H](C)CCC[C@@H]1NC(=O)COC(=O)c1ccc(F)cc1F. The van der Waals surface area contributed by atoms with Crippen LogP contribution in [0.3, 0.4) is 0 Å². The first-order valence-corrected chi connectivity index (χ1v) is 7.80. The summed E-state index contributed by atoms with van der Waals surface area (Å²) in [7, 11) is 0. The van der Waals surface area contributed by atoms with Gasteiger partial charge in [0.05, 0.1) is 5.56 Å². The summed E-state index contributed by atoms with van der Waals surface area (Å²) < 4.78 is 31.0. The molecule has 1 fully saturated rings. The molecule has 1 aromatic carbocycles. The smallest absolute Gasteiger partial charge is 0.341 e. The molecular weight excluding hydrogens is 304 g/mol. The van der Waals surface area contributed by atoms with Gasteiger partial charge in [-0.05, 0) is 30.4 Å². The predicted octanol–water partition coefficient (Wildman–Crippen LogP) is 3.06. The van der Waals surface area contributed by atoms with Crippen LogP contribution in [0.4, 0.5) is 8.78 Å². The van der Waals surface area contributed by atoms with Crippen LogP contribution in [0.25, 0.3) is 0 Å². The zero-order valence-electron chi connectivity index (χ0n) is 13.3. The number of nitrogens with one attached hydrogen (secondary N) is 1. The predicted molar refractivity (Wildman–Crippen MR) is 80.8 cm³/mol. The fraction of sp³-hybridized carbons (Fsp3) is 0.529. The summed E-state index contributed by atoms with van der Waals surface area (Å²) in [6, 6.07) is 2.62. The van der Waals surface area contributed by atoms with E-state index in [1.165, 1.54) is 0 Å². The molecular formula is C17H21F2NO3. The van der Waals surface area contributed by atoms with Crippen molar-refractivity contribution in [1.29, 1.82) is 0 Å². The van der Waals surface area contributed by atoms with Gasteiger partial charge in [-0.25, -0.2) is 13.6 Å². The van der Waals surface area contributed by atoms with E-state index in [0.717, 1.165) is 31.4 Å². The fourth-order valence-electron chi connectivity index (χ4n) is 2.90. The molecule has 126 valence electrons. The average Bonchev–Trinajstić information content (AvgIpc) is 2.49. The molecule has 4 nitrogen and oxygen atoms in total. The molecule has 1 saturated carbocycles. The number of ether oxygens (including phenoxy) is 1. The highest BCUT2D eigenvalue weighted by molar-refractivity contribution is 5.91. The molecule has 1 amide bonds. The summed E-state index contributed by atoms with van der Waals surface area (Å²) in [4.78, 5) is 23.6. The first-order chi connectivity index (χ1) is 10.9. The molecule has 1 N–H and O–H groups in total. The van der Waals surface area contributed by atoms with Gasteiger partial charge in [0.2, 0.25) is 0 Å². The number of amides is 1. The highest BCUT2D eigenvalue weighted by Gasteiger charge is 2.28. The molecule has 0 spiro atoms. The summed E-state index contributed by atoms with van der Waals surface area (Å²) in [6.07, 6.45) is 3.10. The van der Waals surface area contributed by atoms with E-state index in [1.807, 2.05) is 0 Å². The molecule has 1 aromatic rings. The molecule has 2 rings (SSSR count). The second-order valence-electron chi connectivity index (χ2n) is 6.14. The van der Waals surface area contributed by atoms with Crippen LogP contribution < -0.4 is 5.32 Å². The molecule has 6 heteroatoms. The van der Waals surface area contributed by atoms with Crippen LogP contribution in [0, 0.1) is 23.5 Å². The Hall–Kier alpha value is -1.98. The fourth-order valence-corrected chi connectivity index (χ4v) is 2.90. The molecule has 0 heterocycles. The second-order valence-corrected chi connectivity index (χ2v) is 6.14. The van der Waals surface area contributed by atoms with Crippen molar-refractivity contribution in [1.82, 2.24) is 5.32 Å². The molecule has 23 heavy (non-hydrogen) atoms. The number of halogens is 2. The summed E-state index contributed by atoms with van der Waals surface area (Å²) in [6.45, 7) is 3.77. The normalized spacial score (nSPS) is 24.1. The van der Waals surface area contributed by atoms with Crippen LogP contribution in [0.15, 0.2) is 18.2 Å². The number of carbonyl (C=O) groups excluding carboxylic acids is 2. The molecule has 0 unspecified atom stereocenters. The Morgan fingerprint density at radius 3 is 2.70 bits per heavy atom. The lowest BCUT2D eigenvalue weighted by atomic mass is 9.78. The van der Waals surface area contributed by atoms with Gasteiger partial charge in [0.1, 0.15) is 11.6 Å². The van der Waals surface area contributed by atoms with Crippen molar-refractivity contribution in [3.63, 3.8) is 0 Å². The maximum atomic E-state index is 13.5. The monoisotopic (exact) mass is 325 g/mol. The summed E-state index contributed by atoms with van der Waals surface area (Å²) in [5.41, 5.74) is -0.390. The molecule has 0 radical (unpaired) electrons. The van der Waals surface area contributed by atoms with Crippen LogP contribution in [0.1, 0.15) is 43.5 Å². The Bertz CT molecular complexity index is 591. The minimum absolute atomic E-state index is 0.0625. The number of esters is 1. The third-order valence-corrected chi connectivity index (χ3v) is 4.54. The van der Waals surface area contributed by atoms with Crippen LogP contribution in [0.5, 0.6) is 0 Å². The summed E-state index contributed by atoms with van der Waals surface area (Å²) >= 11 is 0. The number of rotatable bonds is 4. The van der Waals surface area contributed by atoms with Crippen molar-refractivity contribution in [2.24, 2.45) is 11.8 Å². The van der Waals surface area contributed by atoms with Crippen LogP contribution in [0.2, 0.25) is 0 Å². The van der Waals surface area contributed by atoms with Gasteiger partial charge in [-0.3, -0.25) is 4.79 Å². The lowest BCUT2D eigenvalue weighted by Crippen LogP contribution is -2.45. The first kappa shape index (κ1) is 17.4. The molecule has 1 aliphatic rings. The van der Waals surface area contributed by atoms with E-state index in [9.17, 15) is 18.4 Å². The van der Waals surface area contributed by atoms with Gasteiger partial charge in [-0.1, -0.05) is 26.7 Å². The standard InChI is InChI=1S/C17H21F2NO3/c1-10-4-3-5-15(11(10)2)20-16(21)9-23-17(22)13-7-6-12(18)8-14(13)19/h6-8,10-11,15H,3-5,9H2,1-2H3,(H,20,21)/t10-,11+,15+/m1/s1. The van der Waals surface area contributed by atoms with Crippen molar-refractivity contribution in [2.75, 3.05) is 6.61 Å². The number of benzene rings is 1. The molecule has 3 atom stereocenters. The van der Waals surface area contributed by atoms with Crippen molar-refractivity contribution in [2.45, 2.75) is 39.2 Å². The van der Waals surface area contributed by atoms with E-state index in [1.54, 1.807) is 0 Å². The number of carbonyl (C=O) groups is 2. The van der Waals surface area contributed by atoms with E-state index in [2.05, 4.69) is 19.2 Å². The van der Waals surface area contributed by atoms with Crippen LogP contribution in [-0.2, 0) is 9.53 Å².